The molecule has 7 nitrogen and oxygen atoms in total. The second-order valence-electron chi connectivity index (χ2n) is 8.46. The van der Waals surface area contributed by atoms with Crippen molar-refractivity contribution in [1.82, 2.24) is 9.97 Å². The van der Waals surface area contributed by atoms with Crippen LogP contribution < -0.4 is 16.0 Å². The van der Waals surface area contributed by atoms with E-state index in [0.29, 0.717) is 10.8 Å². The van der Waals surface area contributed by atoms with E-state index in [1.165, 1.54) is 29.1 Å². The van der Waals surface area contributed by atoms with Gasteiger partial charge in [-0.3, -0.25) is 9.59 Å². The van der Waals surface area contributed by atoms with Gasteiger partial charge in [-0.05, 0) is 43.2 Å². The number of carbonyl (C=O) groups is 2. The summed E-state index contributed by atoms with van der Waals surface area (Å²) in [5.41, 5.74) is 11.5. The highest BCUT2D eigenvalue weighted by Gasteiger charge is 2.28. The van der Waals surface area contributed by atoms with Crippen molar-refractivity contribution in [2.45, 2.75) is 32.1 Å². The van der Waals surface area contributed by atoms with Crippen molar-refractivity contribution in [3.63, 3.8) is 0 Å². The molecule has 0 radical (unpaired) electrons. The minimum Gasteiger partial charge on any atom is -0.375 e. The molecule has 0 aliphatic heterocycles. The quantitative estimate of drug-likeness (QED) is 0.368. The maximum Gasteiger partial charge on any atom is 0.244 e. The molecular formula is C25H25N5O2S2. The highest BCUT2D eigenvalue weighted by Crippen LogP contribution is 2.30. The summed E-state index contributed by atoms with van der Waals surface area (Å²) < 4.78 is 0.998. The van der Waals surface area contributed by atoms with Gasteiger partial charge in [0.05, 0.1) is 21.4 Å². The van der Waals surface area contributed by atoms with Crippen LogP contribution in [0.2, 0.25) is 0 Å². The van der Waals surface area contributed by atoms with Gasteiger partial charge in [0.1, 0.15) is 6.54 Å². The van der Waals surface area contributed by atoms with Crippen LogP contribution >= 0.6 is 22.7 Å². The second kappa shape index (κ2) is 9.90. The third-order valence-electron chi connectivity index (χ3n) is 6.14. The minimum absolute atomic E-state index is 0.0233. The van der Waals surface area contributed by atoms with Crippen molar-refractivity contribution in [3.05, 3.63) is 53.4 Å². The van der Waals surface area contributed by atoms with Gasteiger partial charge in [0.25, 0.3) is 0 Å². The Morgan fingerprint density at radius 2 is 1.85 bits per heavy atom. The van der Waals surface area contributed by atoms with Crippen molar-refractivity contribution < 1.29 is 9.59 Å². The van der Waals surface area contributed by atoms with Crippen LogP contribution in [0.1, 0.15) is 32.1 Å². The lowest BCUT2D eigenvalue weighted by Gasteiger charge is -2.29. The van der Waals surface area contributed by atoms with Gasteiger partial charge in [0, 0.05) is 28.2 Å². The summed E-state index contributed by atoms with van der Waals surface area (Å²) in [5.74, 6) is -0.252. The van der Waals surface area contributed by atoms with Crippen molar-refractivity contribution in [3.8, 4) is 11.3 Å². The van der Waals surface area contributed by atoms with E-state index < -0.39 is 0 Å². The number of nitrogens with zero attached hydrogens (tertiary/aromatic N) is 3. The van der Waals surface area contributed by atoms with Crippen LogP contribution in [0, 0.1) is 5.92 Å². The van der Waals surface area contributed by atoms with Gasteiger partial charge in [-0.25, -0.2) is 9.97 Å². The van der Waals surface area contributed by atoms with E-state index in [4.69, 9.17) is 5.73 Å². The average molecular weight is 492 g/mol. The van der Waals surface area contributed by atoms with Gasteiger partial charge in [0.2, 0.25) is 11.8 Å². The molecule has 5 rings (SSSR count). The number of benzene rings is 2. The Bertz CT molecular complexity index is 1310. The molecule has 1 fully saturated rings. The summed E-state index contributed by atoms with van der Waals surface area (Å²) in [6.07, 6.45) is 5.04. The lowest BCUT2D eigenvalue weighted by atomic mass is 9.88. The number of hydrogen-bond acceptors (Lipinski definition) is 7. The van der Waals surface area contributed by atoms with Crippen LogP contribution in [0.5, 0.6) is 0 Å². The van der Waals surface area contributed by atoms with E-state index >= 15 is 0 Å². The Kier molecular flexibility index (Phi) is 6.55. The molecule has 0 atom stereocenters. The van der Waals surface area contributed by atoms with Gasteiger partial charge < -0.3 is 16.0 Å². The first-order valence-corrected chi connectivity index (χ1v) is 13.1. The number of carbonyl (C=O) groups excluding carboxylic acids is 2. The predicted molar refractivity (Wildman–Crippen MR) is 139 cm³/mol. The van der Waals surface area contributed by atoms with Gasteiger partial charge >= 0.3 is 0 Å². The largest absolute Gasteiger partial charge is 0.375 e. The third-order valence-corrected chi connectivity index (χ3v) is 7.60. The molecular weight excluding hydrogens is 466 g/mol. The Morgan fingerprint density at radius 1 is 1.06 bits per heavy atom. The molecule has 174 valence electrons. The average Bonchev–Trinajstić information content (AvgIpc) is 3.51. The summed E-state index contributed by atoms with van der Waals surface area (Å²) in [6, 6.07) is 13.2. The molecule has 1 aliphatic carbocycles. The summed E-state index contributed by atoms with van der Waals surface area (Å²) in [5, 5.41) is 5.35. The zero-order valence-electron chi connectivity index (χ0n) is 18.6. The minimum atomic E-state index is -0.237. The highest BCUT2D eigenvalue weighted by atomic mass is 32.1. The first kappa shape index (κ1) is 22.5. The number of anilines is 3. The molecule has 0 unspecified atom stereocenters. The second-order valence-corrected chi connectivity index (χ2v) is 10.2. The third kappa shape index (κ3) is 4.95. The van der Waals surface area contributed by atoms with Crippen LogP contribution in [0.25, 0.3) is 21.5 Å². The molecule has 0 saturated heterocycles. The number of aromatic nitrogens is 2. The van der Waals surface area contributed by atoms with E-state index in [-0.39, 0.29) is 24.3 Å². The lowest BCUT2D eigenvalue weighted by molar-refractivity contribution is -0.125. The normalized spacial score (nSPS) is 14.2. The fraction of sp³-hybridized carbons (Fsp3) is 0.280. The zero-order valence-corrected chi connectivity index (χ0v) is 20.2. The maximum absolute atomic E-state index is 13.5. The Hall–Kier alpha value is -3.30. The molecule has 9 heteroatoms. The van der Waals surface area contributed by atoms with Gasteiger partial charge in [-0.1, -0.05) is 31.4 Å². The van der Waals surface area contributed by atoms with E-state index in [2.05, 4.69) is 15.3 Å². The molecule has 0 spiro atoms. The number of amides is 2. The number of hydrogen-bond donors (Lipinski definition) is 2. The number of nitrogens with two attached hydrogens (primary N) is 1. The van der Waals surface area contributed by atoms with Crippen LogP contribution in [0.3, 0.4) is 0 Å². The lowest BCUT2D eigenvalue weighted by Crippen LogP contribution is -2.42. The Morgan fingerprint density at radius 3 is 2.59 bits per heavy atom. The van der Waals surface area contributed by atoms with Crippen molar-refractivity contribution in [2.75, 3.05) is 22.5 Å². The smallest absolute Gasteiger partial charge is 0.244 e. The van der Waals surface area contributed by atoms with E-state index in [1.54, 1.807) is 10.4 Å². The number of thiazole rings is 2. The zero-order chi connectivity index (χ0) is 23.5. The molecule has 4 aromatic rings. The monoisotopic (exact) mass is 491 g/mol. The van der Waals surface area contributed by atoms with Gasteiger partial charge in [-0.15, -0.1) is 22.7 Å². The van der Waals surface area contributed by atoms with E-state index in [0.717, 1.165) is 52.8 Å². The van der Waals surface area contributed by atoms with Crippen LogP contribution in [0.15, 0.2) is 53.4 Å². The summed E-state index contributed by atoms with van der Waals surface area (Å²) in [7, 11) is 0. The Labute approximate surface area is 205 Å². The number of rotatable bonds is 6. The topological polar surface area (TPSA) is 101 Å². The maximum atomic E-state index is 13.5. The molecule has 2 aromatic heterocycles. The first-order chi connectivity index (χ1) is 16.6. The highest BCUT2D eigenvalue weighted by molar-refractivity contribution is 7.16. The van der Waals surface area contributed by atoms with E-state index in [9.17, 15) is 9.59 Å². The van der Waals surface area contributed by atoms with Crippen molar-refractivity contribution >= 4 is 61.2 Å². The fourth-order valence-corrected chi connectivity index (χ4v) is 5.65. The molecule has 2 amide bonds. The van der Waals surface area contributed by atoms with Crippen LogP contribution in [0.4, 0.5) is 16.5 Å². The first-order valence-electron chi connectivity index (χ1n) is 11.3. The van der Waals surface area contributed by atoms with Gasteiger partial charge in [0.15, 0.2) is 5.13 Å². The fourth-order valence-electron chi connectivity index (χ4n) is 4.37. The summed E-state index contributed by atoms with van der Waals surface area (Å²) in [6.45, 7) is -0.0377. The SMILES string of the molecule is Nc1nc(-c2ccc(NC(=O)CN(C(=O)C3CCCCC3)c3ccc4ncsc4c3)cc2)cs1. The van der Waals surface area contributed by atoms with Crippen LogP contribution in [-0.4, -0.2) is 28.3 Å². The van der Waals surface area contributed by atoms with Gasteiger partial charge in [-0.2, -0.15) is 0 Å². The molecule has 2 heterocycles. The predicted octanol–water partition coefficient (Wildman–Crippen LogP) is 5.55. The molecule has 3 N–H and O–H groups in total. The number of nitrogens with one attached hydrogen (secondary N) is 1. The summed E-state index contributed by atoms with van der Waals surface area (Å²) >= 11 is 2.92. The summed E-state index contributed by atoms with van der Waals surface area (Å²) in [4.78, 5) is 36.7. The number of nitrogen functional groups attached to an aromatic ring is 1. The van der Waals surface area contributed by atoms with Crippen molar-refractivity contribution in [1.29, 1.82) is 0 Å². The standard InChI is InChI=1S/C25H25N5O2S2/c26-25-29-21(14-33-25)16-6-8-18(9-7-16)28-23(31)13-30(24(32)17-4-2-1-3-5-17)19-10-11-20-22(12-19)34-15-27-20/h6-12,14-15,17H,1-5,13H2,(H2,26,29)(H,28,31). The molecule has 2 aromatic carbocycles. The molecule has 1 saturated carbocycles. The molecule has 0 bridgehead atoms. The Balaban J connectivity index is 1.33. The number of fused-ring (bicyclic) bond motifs is 1. The van der Waals surface area contributed by atoms with Crippen LogP contribution in [-0.2, 0) is 9.59 Å². The molecule has 1 aliphatic rings. The van der Waals surface area contributed by atoms with E-state index in [1.807, 2.05) is 47.8 Å². The molecule has 34 heavy (non-hydrogen) atoms. The van der Waals surface area contributed by atoms with Crippen molar-refractivity contribution in [2.24, 2.45) is 5.92 Å².